The van der Waals surface area contributed by atoms with E-state index < -0.39 is 11.6 Å². The Morgan fingerprint density at radius 3 is 2.96 bits per heavy atom. The van der Waals surface area contributed by atoms with Crippen LogP contribution in [-0.2, 0) is 17.8 Å². The molecular formula is C19H19F2N3O. The van der Waals surface area contributed by atoms with Crippen molar-refractivity contribution in [1.29, 1.82) is 0 Å². The topological polar surface area (TPSA) is 46.9 Å². The molecule has 1 heterocycles. The Morgan fingerprint density at radius 1 is 1.44 bits per heavy atom. The number of hydrogen-bond acceptors (Lipinski definition) is 2. The first-order valence-corrected chi connectivity index (χ1v) is 8.10. The van der Waals surface area contributed by atoms with Crippen LogP contribution in [0.2, 0.25) is 0 Å². The van der Waals surface area contributed by atoms with Gasteiger partial charge < -0.3 is 5.32 Å². The Kier molecular flexibility index (Phi) is 4.79. The van der Waals surface area contributed by atoms with E-state index in [1.165, 1.54) is 18.2 Å². The average Bonchev–Trinajstić information content (AvgIpc) is 3.00. The summed E-state index contributed by atoms with van der Waals surface area (Å²) in [5.41, 5.74) is 2.58. The Bertz CT molecular complexity index is 841. The highest BCUT2D eigenvalue weighted by molar-refractivity contribution is 5.95. The molecule has 3 rings (SSSR count). The largest absolute Gasteiger partial charge is 0.345 e. The lowest BCUT2D eigenvalue weighted by Crippen LogP contribution is -2.31. The van der Waals surface area contributed by atoms with Gasteiger partial charge in [-0.1, -0.05) is 25.3 Å². The summed E-state index contributed by atoms with van der Waals surface area (Å²) in [4.78, 5) is 12.0. The minimum Gasteiger partial charge on any atom is -0.345 e. The van der Waals surface area contributed by atoms with Crippen molar-refractivity contribution < 1.29 is 13.6 Å². The summed E-state index contributed by atoms with van der Waals surface area (Å²) in [5, 5.41) is 7.28. The van der Waals surface area contributed by atoms with Crippen molar-refractivity contribution in [1.82, 2.24) is 15.1 Å². The van der Waals surface area contributed by atoms with E-state index in [2.05, 4.69) is 23.6 Å². The lowest BCUT2D eigenvalue weighted by Gasteiger charge is -2.24. The van der Waals surface area contributed by atoms with E-state index in [1.807, 2.05) is 0 Å². The zero-order valence-corrected chi connectivity index (χ0v) is 13.8. The zero-order chi connectivity index (χ0) is 18.0. The molecule has 1 aromatic carbocycles. The molecule has 0 fully saturated rings. The predicted molar refractivity (Wildman–Crippen MR) is 90.8 cm³/mol. The summed E-state index contributed by atoms with van der Waals surface area (Å²) < 4.78 is 28.7. The molecule has 1 unspecified atom stereocenters. The summed E-state index contributed by atoms with van der Waals surface area (Å²) >= 11 is 0. The van der Waals surface area contributed by atoms with E-state index in [4.69, 9.17) is 0 Å². The van der Waals surface area contributed by atoms with Crippen LogP contribution in [0.15, 0.2) is 49.2 Å². The highest BCUT2D eigenvalue weighted by Gasteiger charge is 2.26. The number of carbonyl (C=O) groups excluding carboxylic acids is 1. The van der Waals surface area contributed by atoms with Gasteiger partial charge in [0, 0.05) is 28.5 Å². The normalized spacial score (nSPS) is 16.2. The second-order valence-electron chi connectivity index (χ2n) is 6.09. The molecule has 1 atom stereocenters. The fourth-order valence-electron chi connectivity index (χ4n) is 3.06. The third-order valence-corrected chi connectivity index (χ3v) is 4.44. The third-order valence-electron chi connectivity index (χ3n) is 4.44. The van der Waals surface area contributed by atoms with Gasteiger partial charge in [0.05, 0.1) is 18.8 Å². The summed E-state index contributed by atoms with van der Waals surface area (Å²) in [7, 11) is 0. The first kappa shape index (κ1) is 17.1. The molecule has 4 nitrogen and oxygen atoms in total. The monoisotopic (exact) mass is 343 g/mol. The molecule has 0 radical (unpaired) electrons. The van der Waals surface area contributed by atoms with Crippen LogP contribution < -0.4 is 5.32 Å². The molecule has 1 aromatic heterocycles. The van der Waals surface area contributed by atoms with Crippen molar-refractivity contribution in [3.05, 3.63) is 77.7 Å². The molecule has 0 spiro atoms. The van der Waals surface area contributed by atoms with Gasteiger partial charge in [0.15, 0.2) is 0 Å². The number of fused-ring (bicyclic) bond motifs is 1. The second-order valence-corrected chi connectivity index (χ2v) is 6.09. The smallest absolute Gasteiger partial charge is 0.251 e. The summed E-state index contributed by atoms with van der Waals surface area (Å²) in [6.45, 7) is 7.42. The van der Waals surface area contributed by atoms with E-state index in [0.29, 0.717) is 11.1 Å². The fourth-order valence-corrected chi connectivity index (χ4v) is 3.06. The van der Waals surface area contributed by atoms with E-state index in [9.17, 15) is 13.6 Å². The highest BCUT2D eigenvalue weighted by Crippen LogP contribution is 2.30. The number of nitrogens with zero attached hydrogens (tertiary/aromatic N) is 2. The van der Waals surface area contributed by atoms with Crippen LogP contribution in [0.25, 0.3) is 0 Å². The fraction of sp³-hybridized carbons (Fsp3) is 0.263. The van der Waals surface area contributed by atoms with Crippen LogP contribution in [-0.4, -0.2) is 15.7 Å². The number of rotatable bonds is 5. The molecular weight excluding hydrogens is 324 g/mol. The zero-order valence-electron chi connectivity index (χ0n) is 13.8. The van der Waals surface area contributed by atoms with E-state index >= 15 is 0 Å². The number of aromatic nitrogens is 2. The van der Waals surface area contributed by atoms with Crippen LogP contribution in [0.5, 0.6) is 0 Å². The van der Waals surface area contributed by atoms with Gasteiger partial charge in [0.1, 0.15) is 11.6 Å². The third kappa shape index (κ3) is 3.52. The molecule has 0 aliphatic heterocycles. The van der Waals surface area contributed by atoms with Crippen LogP contribution >= 0.6 is 0 Å². The van der Waals surface area contributed by atoms with Gasteiger partial charge in [-0.25, -0.2) is 8.78 Å². The maximum Gasteiger partial charge on any atom is 0.251 e. The molecule has 2 aromatic rings. The summed E-state index contributed by atoms with van der Waals surface area (Å²) in [5.74, 6) is -1.45. The van der Waals surface area contributed by atoms with Crippen molar-refractivity contribution in [2.75, 3.05) is 0 Å². The quantitative estimate of drug-likeness (QED) is 0.668. The number of hydrogen-bond donors (Lipinski definition) is 1. The molecule has 1 amide bonds. The van der Waals surface area contributed by atoms with Crippen molar-refractivity contribution in [2.45, 2.75) is 31.8 Å². The molecule has 1 N–H and O–H groups in total. The molecule has 6 heteroatoms. The number of amides is 1. The molecule has 1 aliphatic carbocycles. The highest BCUT2D eigenvalue weighted by atomic mass is 19.1. The van der Waals surface area contributed by atoms with Gasteiger partial charge in [-0.2, -0.15) is 5.10 Å². The van der Waals surface area contributed by atoms with Crippen LogP contribution in [0, 0.1) is 11.6 Å². The lowest BCUT2D eigenvalue weighted by atomic mass is 9.92. The lowest BCUT2D eigenvalue weighted by molar-refractivity contribution is -0.118. The van der Waals surface area contributed by atoms with Crippen molar-refractivity contribution in [2.24, 2.45) is 0 Å². The van der Waals surface area contributed by atoms with Crippen LogP contribution in [0.3, 0.4) is 0 Å². The van der Waals surface area contributed by atoms with Gasteiger partial charge in [0.2, 0.25) is 0 Å². The number of benzene rings is 1. The number of nitrogens with one attached hydrogen (secondary N) is 1. The number of halogens is 2. The molecule has 130 valence electrons. The predicted octanol–water partition coefficient (Wildman–Crippen LogP) is 3.45. The Balaban J connectivity index is 1.82. The van der Waals surface area contributed by atoms with Crippen LogP contribution in [0.1, 0.15) is 35.7 Å². The molecule has 0 bridgehead atoms. The molecule has 1 aliphatic rings. The average molecular weight is 343 g/mol. The first-order chi connectivity index (χ1) is 12.0. The maximum absolute atomic E-state index is 13.9. The SMILES string of the molecule is C=CC(=C)C(=O)NC1CCCc2c1cnn2Cc1ccc(F)cc1F. The van der Waals surface area contributed by atoms with Crippen LogP contribution in [0.4, 0.5) is 8.78 Å². The van der Waals surface area contributed by atoms with Gasteiger partial charge >= 0.3 is 0 Å². The van der Waals surface area contributed by atoms with E-state index in [0.717, 1.165) is 36.6 Å². The summed E-state index contributed by atoms with van der Waals surface area (Å²) in [6.07, 6.45) is 5.61. The number of carbonyl (C=O) groups is 1. The maximum atomic E-state index is 13.9. The second kappa shape index (κ2) is 7.01. The Hall–Kier alpha value is -2.76. The van der Waals surface area contributed by atoms with E-state index in [-0.39, 0.29) is 18.5 Å². The van der Waals surface area contributed by atoms with Gasteiger partial charge in [-0.05, 0) is 25.3 Å². The summed E-state index contributed by atoms with van der Waals surface area (Å²) in [6, 6.07) is 3.38. The van der Waals surface area contributed by atoms with Crippen molar-refractivity contribution >= 4 is 5.91 Å². The Morgan fingerprint density at radius 2 is 2.24 bits per heavy atom. The van der Waals surface area contributed by atoms with Crippen molar-refractivity contribution in [3.63, 3.8) is 0 Å². The van der Waals surface area contributed by atoms with Gasteiger partial charge in [0.25, 0.3) is 5.91 Å². The molecule has 0 saturated carbocycles. The first-order valence-electron chi connectivity index (χ1n) is 8.10. The standard InChI is InChI=1S/C19H19F2N3O/c1-3-12(2)19(25)23-17-5-4-6-18-15(17)10-22-24(18)11-13-7-8-14(20)9-16(13)21/h3,7-10,17H,1-2,4-6,11H2,(H,23,25). The molecule has 0 saturated heterocycles. The van der Waals surface area contributed by atoms with Crippen molar-refractivity contribution in [3.8, 4) is 0 Å². The Labute approximate surface area is 144 Å². The minimum atomic E-state index is -0.603. The van der Waals surface area contributed by atoms with Gasteiger partial charge in [-0.3, -0.25) is 9.48 Å². The molecule has 25 heavy (non-hydrogen) atoms. The van der Waals surface area contributed by atoms with Gasteiger partial charge in [-0.15, -0.1) is 0 Å². The minimum absolute atomic E-state index is 0.153. The van der Waals surface area contributed by atoms with E-state index in [1.54, 1.807) is 10.9 Å².